The van der Waals surface area contributed by atoms with Crippen molar-refractivity contribution in [1.82, 2.24) is 0 Å². The molecule has 2 aromatic carbocycles. The summed E-state index contributed by atoms with van der Waals surface area (Å²) in [5, 5.41) is 37.5. The minimum absolute atomic E-state index is 0.00806. The number of nitrogens with zero attached hydrogens (tertiary/aromatic N) is 2. The average molecular weight is 542 g/mol. The number of carbonyl (C=O) groups excluding carboxylic acids is 1. The highest BCUT2D eigenvalue weighted by atomic mass is 16.6. The summed E-state index contributed by atoms with van der Waals surface area (Å²) in [7, 11) is 0. The minimum atomic E-state index is -0.653. The van der Waals surface area contributed by atoms with Crippen LogP contribution in [0.1, 0.15) is 71.1 Å². The number of nitro benzene ring substituents is 2. The molecule has 1 heterocycles. The standard InChI is InChI=1S/C31H31N3O6/c1-7-19(22-13-16-9-10-17(33(37)38)14-21(16)30(22,3)4)25-27(35)26(28(25)36)20(8-2)29-31(5,6)23-15-18(34(39)40)11-12-24(23)32-29/h9-15,32,35H,7-8H2,1-6H3/b25-19?,29-20+. The van der Waals surface area contributed by atoms with Crippen molar-refractivity contribution in [2.75, 3.05) is 5.32 Å². The van der Waals surface area contributed by atoms with Gasteiger partial charge >= 0.3 is 0 Å². The Bertz CT molecular complexity index is 1670. The monoisotopic (exact) mass is 541 g/mol. The fourth-order valence-corrected chi connectivity index (χ4v) is 6.36. The van der Waals surface area contributed by atoms with Crippen molar-refractivity contribution >= 4 is 28.9 Å². The van der Waals surface area contributed by atoms with Crippen molar-refractivity contribution in [2.24, 2.45) is 0 Å². The second-order valence-electron chi connectivity index (χ2n) is 11.4. The van der Waals surface area contributed by atoms with E-state index >= 15 is 0 Å². The second kappa shape index (κ2) is 9.01. The van der Waals surface area contributed by atoms with E-state index in [-0.39, 0.29) is 34.1 Å². The third-order valence-electron chi connectivity index (χ3n) is 8.53. The number of nitro groups is 2. The zero-order valence-corrected chi connectivity index (χ0v) is 23.3. The summed E-state index contributed by atoms with van der Waals surface area (Å²) < 4.78 is 0. The molecule has 0 saturated carbocycles. The molecule has 5 rings (SSSR count). The van der Waals surface area contributed by atoms with Crippen LogP contribution in [-0.4, -0.2) is 20.7 Å². The van der Waals surface area contributed by atoms with Gasteiger partial charge in [-0.3, -0.25) is 25.0 Å². The maximum atomic E-state index is 13.8. The summed E-state index contributed by atoms with van der Waals surface area (Å²) >= 11 is 0. The molecule has 0 fully saturated rings. The SMILES string of the molecule is CCC(C1=Cc2ccc([N+](=O)[O-])cc2C1(C)C)=C1C(=O)C(/C(CC)=C2/Nc3ccc([N+](=O)[O-])cc3C2(C)C)=C1O. The Balaban J connectivity index is 1.61. The number of ketones is 1. The molecule has 2 N–H and O–H groups in total. The van der Waals surface area contributed by atoms with Crippen LogP contribution in [0, 0.1) is 20.2 Å². The van der Waals surface area contributed by atoms with E-state index in [1.54, 1.807) is 24.3 Å². The van der Waals surface area contributed by atoms with E-state index in [1.807, 2.05) is 47.6 Å². The van der Waals surface area contributed by atoms with Crippen molar-refractivity contribution in [1.29, 1.82) is 0 Å². The summed E-state index contributed by atoms with van der Waals surface area (Å²) in [5.41, 5.74) is 5.39. The highest BCUT2D eigenvalue weighted by Gasteiger charge is 2.45. The predicted octanol–water partition coefficient (Wildman–Crippen LogP) is 7.35. The number of carbonyl (C=O) groups is 1. The summed E-state index contributed by atoms with van der Waals surface area (Å²) in [4.78, 5) is 35.7. The van der Waals surface area contributed by atoms with Crippen molar-refractivity contribution < 1.29 is 19.7 Å². The van der Waals surface area contributed by atoms with Gasteiger partial charge in [0.05, 0.1) is 21.0 Å². The third-order valence-corrected chi connectivity index (χ3v) is 8.53. The number of aliphatic hydroxyl groups excluding tert-OH is 1. The Labute approximate surface area is 231 Å². The van der Waals surface area contributed by atoms with Crippen LogP contribution in [0.3, 0.4) is 0 Å². The van der Waals surface area contributed by atoms with E-state index in [0.717, 1.165) is 33.6 Å². The molecule has 9 nitrogen and oxygen atoms in total. The minimum Gasteiger partial charge on any atom is -0.506 e. The zero-order valence-electron chi connectivity index (χ0n) is 23.3. The number of allylic oxidation sites excluding steroid dienone is 6. The first-order valence-corrected chi connectivity index (χ1v) is 13.3. The lowest BCUT2D eigenvalue weighted by Gasteiger charge is -2.32. The molecule has 40 heavy (non-hydrogen) atoms. The number of anilines is 1. The van der Waals surface area contributed by atoms with Crippen molar-refractivity contribution in [3.63, 3.8) is 0 Å². The lowest BCUT2D eigenvalue weighted by molar-refractivity contribution is -0.385. The van der Waals surface area contributed by atoms with Gasteiger partial charge in [0.2, 0.25) is 5.78 Å². The maximum absolute atomic E-state index is 13.8. The summed E-state index contributed by atoms with van der Waals surface area (Å²) in [6.07, 6.45) is 2.90. The van der Waals surface area contributed by atoms with E-state index in [1.165, 1.54) is 12.1 Å². The molecule has 0 atom stereocenters. The van der Waals surface area contributed by atoms with E-state index in [0.29, 0.717) is 24.0 Å². The molecule has 2 aromatic rings. The van der Waals surface area contributed by atoms with E-state index in [4.69, 9.17) is 0 Å². The first-order chi connectivity index (χ1) is 18.7. The second-order valence-corrected chi connectivity index (χ2v) is 11.4. The van der Waals surface area contributed by atoms with Gasteiger partial charge in [-0.2, -0.15) is 0 Å². The molecule has 2 aliphatic carbocycles. The number of rotatable bonds is 6. The van der Waals surface area contributed by atoms with Gasteiger partial charge in [-0.05, 0) is 58.4 Å². The maximum Gasteiger partial charge on any atom is 0.269 e. The van der Waals surface area contributed by atoms with Gasteiger partial charge < -0.3 is 10.4 Å². The fraction of sp³-hybridized carbons (Fsp3) is 0.323. The third kappa shape index (κ3) is 3.71. The molecule has 0 radical (unpaired) electrons. The number of hydrogen-bond donors (Lipinski definition) is 2. The van der Waals surface area contributed by atoms with E-state index in [2.05, 4.69) is 5.32 Å². The van der Waals surface area contributed by atoms with Crippen molar-refractivity contribution in [3.05, 3.63) is 113 Å². The molecule has 0 bridgehead atoms. The number of Topliss-reactive ketones (excluding diaryl/α,β-unsaturated/α-hetero) is 1. The van der Waals surface area contributed by atoms with Gasteiger partial charge in [0.1, 0.15) is 5.76 Å². The van der Waals surface area contributed by atoms with Crippen molar-refractivity contribution in [3.8, 4) is 0 Å². The molecule has 3 aliphatic rings. The van der Waals surface area contributed by atoms with Gasteiger partial charge in [-0.25, -0.2) is 0 Å². The van der Waals surface area contributed by atoms with Gasteiger partial charge in [0, 0.05) is 46.5 Å². The Morgan fingerprint density at radius 1 is 0.875 bits per heavy atom. The molecule has 1 aliphatic heterocycles. The Hall–Kier alpha value is -4.53. The number of benzene rings is 2. The molecular formula is C31H31N3O6. The zero-order chi connectivity index (χ0) is 29.3. The predicted molar refractivity (Wildman–Crippen MR) is 153 cm³/mol. The largest absolute Gasteiger partial charge is 0.506 e. The van der Waals surface area contributed by atoms with Crippen LogP contribution >= 0.6 is 0 Å². The summed E-state index contributed by atoms with van der Waals surface area (Å²) in [6.45, 7) is 11.7. The Kier molecular flexibility index (Phi) is 6.09. The number of aliphatic hydroxyl groups is 1. The van der Waals surface area contributed by atoms with Gasteiger partial charge in [0.15, 0.2) is 0 Å². The van der Waals surface area contributed by atoms with Crippen LogP contribution in [0.5, 0.6) is 0 Å². The van der Waals surface area contributed by atoms with Crippen LogP contribution in [0.4, 0.5) is 17.1 Å². The van der Waals surface area contributed by atoms with Crippen LogP contribution in [0.2, 0.25) is 0 Å². The smallest absolute Gasteiger partial charge is 0.269 e. The molecule has 0 saturated heterocycles. The molecule has 0 aromatic heterocycles. The first kappa shape index (κ1) is 27.1. The molecule has 206 valence electrons. The molecule has 0 unspecified atom stereocenters. The van der Waals surface area contributed by atoms with Gasteiger partial charge in [0.25, 0.3) is 11.4 Å². The number of nitrogens with one attached hydrogen (secondary N) is 1. The van der Waals surface area contributed by atoms with Crippen molar-refractivity contribution in [2.45, 2.75) is 65.2 Å². The number of hydrogen-bond acceptors (Lipinski definition) is 7. The fourth-order valence-electron chi connectivity index (χ4n) is 6.36. The highest BCUT2D eigenvalue weighted by Crippen LogP contribution is 2.52. The van der Waals surface area contributed by atoms with Crippen LogP contribution in [0.25, 0.3) is 6.08 Å². The average Bonchev–Trinajstić information content (AvgIpc) is 3.33. The topological polar surface area (TPSA) is 136 Å². The van der Waals surface area contributed by atoms with E-state index in [9.17, 15) is 30.1 Å². The summed E-state index contributed by atoms with van der Waals surface area (Å²) in [6, 6.07) is 9.44. The van der Waals surface area contributed by atoms with E-state index < -0.39 is 20.7 Å². The Morgan fingerprint density at radius 2 is 1.45 bits per heavy atom. The number of fused-ring (bicyclic) bond motifs is 2. The first-order valence-electron chi connectivity index (χ1n) is 13.3. The Morgan fingerprint density at radius 3 is 2.00 bits per heavy atom. The molecule has 0 amide bonds. The van der Waals surface area contributed by atoms with Gasteiger partial charge in [-0.15, -0.1) is 0 Å². The van der Waals surface area contributed by atoms with Crippen LogP contribution < -0.4 is 5.32 Å². The van der Waals surface area contributed by atoms with Gasteiger partial charge in [-0.1, -0.05) is 47.6 Å². The summed E-state index contributed by atoms with van der Waals surface area (Å²) in [5.74, 6) is -0.318. The lowest BCUT2D eigenvalue weighted by Crippen LogP contribution is -2.30. The quantitative estimate of drug-likeness (QED) is 0.222. The van der Waals surface area contributed by atoms with Crippen LogP contribution in [0.15, 0.2) is 75.7 Å². The number of non-ortho nitro benzene ring substituents is 2. The highest BCUT2D eigenvalue weighted by molar-refractivity contribution is 6.23. The normalized spacial score (nSPS) is 20.8. The van der Waals surface area contributed by atoms with Crippen LogP contribution in [-0.2, 0) is 15.6 Å². The molecular weight excluding hydrogens is 510 g/mol. The molecule has 9 heteroatoms. The lowest BCUT2D eigenvalue weighted by atomic mass is 9.71. The molecule has 0 spiro atoms.